The standard InChI is InChI=1S/C20H22O2/c1-4-18-19(21)10-5-13(2)20(18)16-7-6-15-12-17(22-3)9-8-14(15)11-16/h6-9,11-13H,4-5,10H2,1-3H3. The van der Waals surface area contributed by atoms with E-state index in [0.717, 1.165) is 29.6 Å². The molecule has 0 fully saturated rings. The SMILES string of the molecule is CCC1=C(c2ccc3cc(OC)ccc3c2)C(C)CCC1=O. The summed E-state index contributed by atoms with van der Waals surface area (Å²) in [5, 5.41) is 2.35. The van der Waals surface area contributed by atoms with Gasteiger partial charge in [0, 0.05) is 6.42 Å². The Kier molecular flexibility index (Phi) is 4.02. The van der Waals surface area contributed by atoms with Gasteiger partial charge >= 0.3 is 0 Å². The fourth-order valence-electron chi connectivity index (χ4n) is 3.46. The Morgan fingerprint density at radius 3 is 2.59 bits per heavy atom. The van der Waals surface area contributed by atoms with Crippen molar-refractivity contribution in [3.63, 3.8) is 0 Å². The molecule has 0 bridgehead atoms. The molecule has 1 aliphatic carbocycles. The number of allylic oxidation sites excluding steroid dienone is 2. The summed E-state index contributed by atoms with van der Waals surface area (Å²) in [5.74, 6) is 1.64. The molecule has 1 atom stereocenters. The third-order valence-corrected chi connectivity index (χ3v) is 4.67. The first-order valence-electron chi connectivity index (χ1n) is 7.98. The monoisotopic (exact) mass is 294 g/mol. The Balaban J connectivity index is 2.14. The van der Waals surface area contributed by atoms with Gasteiger partial charge in [0.2, 0.25) is 0 Å². The molecule has 22 heavy (non-hydrogen) atoms. The van der Waals surface area contributed by atoms with Gasteiger partial charge in [0.15, 0.2) is 5.78 Å². The number of methoxy groups -OCH3 is 1. The lowest BCUT2D eigenvalue weighted by atomic mass is 9.78. The molecule has 1 aliphatic rings. The van der Waals surface area contributed by atoms with E-state index in [0.29, 0.717) is 18.1 Å². The van der Waals surface area contributed by atoms with Gasteiger partial charge in [-0.2, -0.15) is 0 Å². The highest BCUT2D eigenvalue weighted by molar-refractivity contribution is 6.05. The molecule has 0 radical (unpaired) electrons. The van der Waals surface area contributed by atoms with Gasteiger partial charge in [-0.1, -0.05) is 32.0 Å². The van der Waals surface area contributed by atoms with Crippen LogP contribution >= 0.6 is 0 Å². The molecule has 2 heteroatoms. The van der Waals surface area contributed by atoms with E-state index < -0.39 is 0 Å². The van der Waals surface area contributed by atoms with Crippen LogP contribution in [0.1, 0.15) is 38.7 Å². The maximum atomic E-state index is 12.2. The Morgan fingerprint density at radius 1 is 1.14 bits per heavy atom. The van der Waals surface area contributed by atoms with Crippen LogP contribution in [0.25, 0.3) is 16.3 Å². The minimum absolute atomic E-state index is 0.324. The number of ketones is 1. The lowest BCUT2D eigenvalue weighted by molar-refractivity contribution is -0.116. The van der Waals surface area contributed by atoms with Gasteiger partial charge < -0.3 is 4.74 Å². The van der Waals surface area contributed by atoms with Crippen LogP contribution in [0, 0.1) is 5.92 Å². The number of fused-ring (bicyclic) bond motifs is 1. The largest absolute Gasteiger partial charge is 0.497 e. The van der Waals surface area contributed by atoms with Crippen molar-refractivity contribution in [2.45, 2.75) is 33.1 Å². The molecule has 0 spiro atoms. The van der Waals surface area contributed by atoms with Crippen LogP contribution in [0.4, 0.5) is 0 Å². The first kappa shape index (κ1) is 14.8. The highest BCUT2D eigenvalue weighted by Gasteiger charge is 2.25. The summed E-state index contributed by atoms with van der Waals surface area (Å²) in [6, 6.07) is 12.6. The van der Waals surface area contributed by atoms with Crippen LogP contribution in [0.3, 0.4) is 0 Å². The van der Waals surface area contributed by atoms with Gasteiger partial charge in [0.05, 0.1) is 7.11 Å². The third kappa shape index (κ3) is 2.54. The summed E-state index contributed by atoms with van der Waals surface area (Å²) in [4.78, 5) is 12.2. The topological polar surface area (TPSA) is 26.3 Å². The molecule has 0 amide bonds. The molecule has 0 heterocycles. The zero-order valence-electron chi connectivity index (χ0n) is 13.5. The van der Waals surface area contributed by atoms with E-state index in [1.807, 2.05) is 12.1 Å². The Morgan fingerprint density at radius 2 is 1.86 bits per heavy atom. The molecule has 0 saturated carbocycles. The highest BCUT2D eigenvalue weighted by Crippen LogP contribution is 2.37. The molecule has 0 N–H and O–H groups in total. The van der Waals surface area contributed by atoms with Crippen molar-refractivity contribution in [1.29, 1.82) is 0 Å². The Labute approximate surface area is 131 Å². The van der Waals surface area contributed by atoms with E-state index in [9.17, 15) is 4.79 Å². The van der Waals surface area contributed by atoms with Gasteiger partial charge in [-0.25, -0.2) is 0 Å². The molecule has 0 saturated heterocycles. The van der Waals surface area contributed by atoms with Crippen molar-refractivity contribution in [2.24, 2.45) is 5.92 Å². The van der Waals surface area contributed by atoms with Crippen LogP contribution in [0.2, 0.25) is 0 Å². The van der Waals surface area contributed by atoms with Gasteiger partial charge in [0.25, 0.3) is 0 Å². The summed E-state index contributed by atoms with van der Waals surface area (Å²) in [5.41, 5.74) is 3.46. The van der Waals surface area contributed by atoms with Crippen LogP contribution < -0.4 is 4.74 Å². The van der Waals surface area contributed by atoms with Gasteiger partial charge in [-0.05, 0) is 64.4 Å². The minimum atomic E-state index is 0.324. The van der Waals surface area contributed by atoms with Crippen molar-refractivity contribution >= 4 is 22.1 Å². The summed E-state index contributed by atoms with van der Waals surface area (Å²) in [7, 11) is 1.68. The minimum Gasteiger partial charge on any atom is -0.497 e. The second-order valence-electron chi connectivity index (χ2n) is 6.04. The number of hydrogen-bond acceptors (Lipinski definition) is 2. The molecular formula is C20H22O2. The van der Waals surface area contributed by atoms with E-state index in [1.165, 1.54) is 16.5 Å². The lowest BCUT2D eigenvalue weighted by Gasteiger charge is -2.25. The van der Waals surface area contributed by atoms with Crippen molar-refractivity contribution < 1.29 is 9.53 Å². The second-order valence-corrected chi connectivity index (χ2v) is 6.04. The molecule has 2 aromatic carbocycles. The number of carbonyl (C=O) groups excluding carboxylic acids is 1. The number of ether oxygens (including phenoxy) is 1. The molecular weight excluding hydrogens is 272 g/mol. The predicted molar refractivity (Wildman–Crippen MR) is 91.1 cm³/mol. The summed E-state index contributed by atoms with van der Waals surface area (Å²) < 4.78 is 5.28. The van der Waals surface area contributed by atoms with Crippen molar-refractivity contribution in [1.82, 2.24) is 0 Å². The Hall–Kier alpha value is -2.09. The first-order chi connectivity index (χ1) is 10.6. The van der Waals surface area contributed by atoms with Crippen molar-refractivity contribution in [2.75, 3.05) is 7.11 Å². The smallest absolute Gasteiger partial charge is 0.159 e. The zero-order chi connectivity index (χ0) is 15.7. The van der Waals surface area contributed by atoms with Crippen LogP contribution in [-0.4, -0.2) is 12.9 Å². The third-order valence-electron chi connectivity index (χ3n) is 4.67. The number of carbonyl (C=O) groups is 1. The predicted octanol–water partition coefficient (Wildman–Crippen LogP) is 5.01. The van der Waals surface area contributed by atoms with Crippen LogP contribution in [-0.2, 0) is 4.79 Å². The van der Waals surface area contributed by atoms with E-state index >= 15 is 0 Å². The fraction of sp³-hybridized carbons (Fsp3) is 0.350. The normalized spacial score (nSPS) is 18.9. The summed E-state index contributed by atoms with van der Waals surface area (Å²) in [6.45, 7) is 4.31. The van der Waals surface area contributed by atoms with Crippen molar-refractivity contribution in [3.8, 4) is 5.75 Å². The van der Waals surface area contributed by atoms with E-state index in [2.05, 4.69) is 38.1 Å². The average Bonchev–Trinajstić information content (AvgIpc) is 2.55. The van der Waals surface area contributed by atoms with Gasteiger partial charge in [-0.3, -0.25) is 4.79 Å². The van der Waals surface area contributed by atoms with Crippen molar-refractivity contribution in [3.05, 3.63) is 47.5 Å². The molecule has 2 aromatic rings. The number of rotatable bonds is 3. The quantitative estimate of drug-likeness (QED) is 0.795. The maximum Gasteiger partial charge on any atom is 0.159 e. The molecule has 3 rings (SSSR count). The molecule has 0 aromatic heterocycles. The molecule has 2 nitrogen and oxygen atoms in total. The van der Waals surface area contributed by atoms with E-state index in [-0.39, 0.29) is 0 Å². The van der Waals surface area contributed by atoms with Crippen LogP contribution in [0.5, 0.6) is 5.75 Å². The van der Waals surface area contributed by atoms with E-state index in [4.69, 9.17) is 4.74 Å². The van der Waals surface area contributed by atoms with E-state index in [1.54, 1.807) is 7.11 Å². The second kappa shape index (κ2) is 5.96. The zero-order valence-corrected chi connectivity index (χ0v) is 13.5. The molecule has 1 unspecified atom stereocenters. The maximum absolute atomic E-state index is 12.2. The van der Waals surface area contributed by atoms with Crippen LogP contribution in [0.15, 0.2) is 42.0 Å². The number of benzene rings is 2. The molecule has 114 valence electrons. The van der Waals surface area contributed by atoms with Gasteiger partial charge in [0.1, 0.15) is 5.75 Å². The fourth-order valence-corrected chi connectivity index (χ4v) is 3.46. The number of Topliss-reactive ketones (excluding diaryl/α,β-unsaturated/α-hetero) is 1. The lowest BCUT2D eigenvalue weighted by Crippen LogP contribution is -2.16. The highest BCUT2D eigenvalue weighted by atomic mass is 16.5. The Bertz CT molecular complexity index is 755. The summed E-state index contributed by atoms with van der Waals surface area (Å²) in [6.07, 6.45) is 2.47. The summed E-state index contributed by atoms with van der Waals surface area (Å²) >= 11 is 0. The molecule has 0 aliphatic heterocycles. The first-order valence-corrected chi connectivity index (χ1v) is 7.98. The number of hydrogen-bond donors (Lipinski definition) is 0. The average molecular weight is 294 g/mol. The van der Waals surface area contributed by atoms with Gasteiger partial charge in [-0.15, -0.1) is 0 Å².